The monoisotopic (exact) mass is 567 g/mol. The quantitative estimate of drug-likeness (QED) is 0.530. The summed E-state index contributed by atoms with van der Waals surface area (Å²) in [6.45, 7) is 11.2. The zero-order valence-corrected chi connectivity index (χ0v) is 24.6. The van der Waals surface area contributed by atoms with Crippen LogP contribution in [0.3, 0.4) is 0 Å². The average Bonchev–Trinajstić information content (AvgIpc) is 3.52. The molecular formula is C33H33N3O6. The number of carbonyl (C=O) groups excluding carboxylic acids is 6. The summed E-state index contributed by atoms with van der Waals surface area (Å²) in [4.78, 5) is 72.8. The number of rotatable bonds is 6. The zero-order chi connectivity index (χ0) is 30.9. The third-order valence-corrected chi connectivity index (χ3v) is 7.33. The summed E-state index contributed by atoms with van der Waals surface area (Å²) in [5.74, 6) is -1.79. The molecule has 216 valence electrons. The summed E-state index contributed by atoms with van der Waals surface area (Å²) in [5, 5.41) is 2.03. The van der Waals surface area contributed by atoms with Crippen LogP contribution in [0.4, 0.5) is 11.4 Å². The van der Waals surface area contributed by atoms with E-state index < -0.39 is 0 Å². The molecule has 0 fully saturated rings. The average molecular weight is 568 g/mol. The lowest BCUT2D eigenvalue weighted by molar-refractivity contribution is -0.124. The number of nitrogens with zero attached hydrogens (tertiary/aromatic N) is 2. The van der Waals surface area contributed by atoms with Gasteiger partial charge in [0, 0.05) is 35.5 Å². The van der Waals surface area contributed by atoms with Crippen molar-refractivity contribution in [3.63, 3.8) is 0 Å². The normalized spacial score (nSPS) is 16.2. The van der Waals surface area contributed by atoms with Crippen LogP contribution >= 0.6 is 0 Å². The first kappa shape index (κ1) is 30.0. The van der Waals surface area contributed by atoms with Crippen LogP contribution in [-0.2, 0) is 48.0 Å². The van der Waals surface area contributed by atoms with Crippen molar-refractivity contribution in [3.8, 4) is 0 Å². The minimum absolute atomic E-state index is 0.268. The maximum absolute atomic E-state index is 12.6. The van der Waals surface area contributed by atoms with Crippen LogP contribution in [0.5, 0.6) is 0 Å². The fourth-order valence-electron chi connectivity index (χ4n) is 5.44. The number of nitrogens with one attached hydrogen (secondary N) is 1. The summed E-state index contributed by atoms with van der Waals surface area (Å²) >= 11 is 0. The molecule has 2 aromatic carbocycles. The highest BCUT2D eigenvalue weighted by Gasteiger charge is 2.33. The molecule has 0 radical (unpaired) electrons. The number of anilines is 2. The Labute approximate surface area is 244 Å². The highest BCUT2D eigenvalue weighted by Crippen LogP contribution is 2.34. The lowest BCUT2D eigenvalue weighted by Crippen LogP contribution is -2.32. The Hall–Kier alpha value is -4.92. The van der Waals surface area contributed by atoms with Crippen LogP contribution in [0, 0.1) is 13.8 Å². The predicted molar refractivity (Wildman–Crippen MR) is 159 cm³/mol. The number of benzene rings is 2. The first-order valence-corrected chi connectivity index (χ1v) is 13.8. The molecule has 3 aliphatic heterocycles. The minimum Gasteiger partial charge on any atom is -0.289 e. The molecule has 6 amide bonds. The van der Waals surface area contributed by atoms with Crippen LogP contribution < -0.4 is 15.1 Å². The molecule has 0 bridgehead atoms. The van der Waals surface area contributed by atoms with E-state index in [0.29, 0.717) is 41.8 Å². The van der Waals surface area contributed by atoms with Gasteiger partial charge < -0.3 is 0 Å². The van der Waals surface area contributed by atoms with E-state index in [1.165, 1.54) is 34.1 Å². The van der Waals surface area contributed by atoms with Gasteiger partial charge in [0.25, 0.3) is 35.4 Å². The second kappa shape index (κ2) is 11.9. The number of carbonyl (C=O) groups is 6. The van der Waals surface area contributed by atoms with E-state index >= 15 is 0 Å². The zero-order valence-electron chi connectivity index (χ0n) is 24.6. The molecule has 9 nitrogen and oxygen atoms in total. The molecule has 3 heterocycles. The van der Waals surface area contributed by atoms with Gasteiger partial charge in [-0.05, 0) is 80.3 Å². The predicted octanol–water partition coefficient (Wildman–Crippen LogP) is 3.86. The van der Waals surface area contributed by atoms with Crippen molar-refractivity contribution in [3.05, 3.63) is 93.1 Å². The standard InChI is InChI=1S/C29H30N2O4.C4H3NO2/c1-7-22-14-20(9-16(3)26(22)30-24(32)11-18(5)28(30)34)13-21-10-17(4)27(23(8-2)15-21)31-25(33)12-19(6)29(31)35;6-3-1-2-4(7)5-3/h9-12,14-15H,7-8,13H2,1-6H3;1-2H,(H,5,6,7). The van der Waals surface area contributed by atoms with E-state index in [4.69, 9.17) is 0 Å². The minimum atomic E-state index is -0.329. The van der Waals surface area contributed by atoms with Crippen LogP contribution in [0.1, 0.15) is 61.1 Å². The van der Waals surface area contributed by atoms with Crippen molar-refractivity contribution < 1.29 is 28.8 Å². The largest absolute Gasteiger partial charge is 0.289 e. The smallest absolute Gasteiger partial charge is 0.261 e. The van der Waals surface area contributed by atoms with Gasteiger partial charge in [-0.25, -0.2) is 9.80 Å². The second-order valence-corrected chi connectivity index (χ2v) is 10.5. The summed E-state index contributed by atoms with van der Waals surface area (Å²) in [6, 6.07) is 8.18. The van der Waals surface area contributed by atoms with E-state index in [2.05, 4.69) is 12.1 Å². The van der Waals surface area contributed by atoms with E-state index in [9.17, 15) is 28.8 Å². The highest BCUT2D eigenvalue weighted by atomic mass is 16.2. The second-order valence-electron chi connectivity index (χ2n) is 10.5. The van der Waals surface area contributed by atoms with E-state index in [-0.39, 0.29) is 35.4 Å². The van der Waals surface area contributed by atoms with Crippen molar-refractivity contribution in [2.45, 2.75) is 60.8 Å². The molecule has 0 aliphatic carbocycles. The molecule has 5 rings (SSSR count). The summed E-state index contributed by atoms with van der Waals surface area (Å²) < 4.78 is 0. The number of imide groups is 3. The van der Waals surface area contributed by atoms with Crippen molar-refractivity contribution >= 4 is 46.8 Å². The van der Waals surface area contributed by atoms with E-state index in [0.717, 1.165) is 33.4 Å². The van der Waals surface area contributed by atoms with Crippen molar-refractivity contribution in [1.82, 2.24) is 5.32 Å². The van der Waals surface area contributed by atoms with Gasteiger partial charge in [0.1, 0.15) is 0 Å². The molecular weight excluding hydrogens is 534 g/mol. The Morgan fingerprint density at radius 2 is 0.976 bits per heavy atom. The number of hydrogen-bond acceptors (Lipinski definition) is 6. The van der Waals surface area contributed by atoms with Gasteiger partial charge in [-0.3, -0.25) is 34.1 Å². The Balaban J connectivity index is 0.000000507. The molecule has 1 N–H and O–H groups in total. The lowest BCUT2D eigenvalue weighted by Gasteiger charge is -2.23. The van der Waals surface area contributed by atoms with Crippen LogP contribution in [0.25, 0.3) is 0 Å². The fraction of sp³-hybridized carbons (Fsp3) is 0.273. The third-order valence-electron chi connectivity index (χ3n) is 7.33. The van der Waals surface area contributed by atoms with Crippen LogP contribution in [-0.4, -0.2) is 35.4 Å². The molecule has 9 heteroatoms. The molecule has 0 aromatic heterocycles. The number of hydrogen-bond donors (Lipinski definition) is 1. The molecule has 0 saturated carbocycles. The van der Waals surface area contributed by atoms with Crippen molar-refractivity contribution in [2.75, 3.05) is 9.80 Å². The third kappa shape index (κ3) is 5.76. The van der Waals surface area contributed by atoms with Crippen molar-refractivity contribution in [2.24, 2.45) is 0 Å². The molecule has 42 heavy (non-hydrogen) atoms. The van der Waals surface area contributed by atoms with Gasteiger partial charge >= 0.3 is 0 Å². The summed E-state index contributed by atoms with van der Waals surface area (Å²) in [5.41, 5.74) is 8.05. The highest BCUT2D eigenvalue weighted by molar-refractivity contribution is 6.31. The maximum Gasteiger partial charge on any atom is 0.261 e. The molecule has 0 saturated heterocycles. The Morgan fingerprint density at radius 1 is 0.595 bits per heavy atom. The Bertz CT molecular complexity index is 1540. The Kier molecular flexibility index (Phi) is 8.51. The number of aryl methyl sites for hydroxylation is 4. The van der Waals surface area contributed by atoms with Crippen LogP contribution in [0.15, 0.2) is 59.7 Å². The number of amides is 6. The lowest BCUT2D eigenvalue weighted by atomic mass is 9.93. The molecule has 0 unspecified atom stereocenters. The van der Waals surface area contributed by atoms with E-state index in [1.807, 2.05) is 45.1 Å². The molecule has 0 spiro atoms. The van der Waals surface area contributed by atoms with Gasteiger partial charge in [0.15, 0.2) is 0 Å². The van der Waals surface area contributed by atoms with Crippen molar-refractivity contribution in [1.29, 1.82) is 0 Å². The fourth-order valence-corrected chi connectivity index (χ4v) is 5.44. The summed E-state index contributed by atoms with van der Waals surface area (Å²) in [6.07, 6.45) is 7.19. The Morgan fingerprint density at radius 3 is 1.24 bits per heavy atom. The van der Waals surface area contributed by atoms with Gasteiger partial charge in [-0.2, -0.15) is 0 Å². The van der Waals surface area contributed by atoms with Gasteiger partial charge in [0.2, 0.25) is 0 Å². The van der Waals surface area contributed by atoms with E-state index in [1.54, 1.807) is 13.8 Å². The first-order chi connectivity index (χ1) is 19.9. The molecule has 0 atom stereocenters. The van der Waals surface area contributed by atoms with Gasteiger partial charge in [-0.1, -0.05) is 38.1 Å². The maximum atomic E-state index is 12.6. The molecule has 3 aliphatic rings. The summed E-state index contributed by atoms with van der Waals surface area (Å²) in [7, 11) is 0. The molecule has 2 aromatic rings. The topological polar surface area (TPSA) is 121 Å². The van der Waals surface area contributed by atoms with Gasteiger partial charge in [0.05, 0.1) is 11.4 Å². The van der Waals surface area contributed by atoms with Gasteiger partial charge in [-0.15, -0.1) is 0 Å². The first-order valence-electron chi connectivity index (χ1n) is 13.8. The van der Waals surface area contributed by atoms with Crippen LogP contribution in [0.2, 0.25) is 0 Å². The SMILES string of the molecule is CCc1cc(Cc2cc(C)c(N3C(=O)C=C(C)C3=O)c(CC)c2)cc(C)c1N1C(=O)C=C(C)C1=O.O=C1C=CC(=O)N1.